The minimum Gasteiger partial charge on any atom is -0.351 e. The first kappa shape index (κ1) is 19.7. The third kappa shape index (κ3) is 9.38. The predicted molar refractivity (Wildman–Crippen MR) is 77.3 cm³/mol. The lowest BCUT2D eigenvalue weighted by atomic mass is 10.0. The van der Waals surface area contributed by atoms with Gasteiger partial charge < -0.3 is 17.2 Å². The molecule has 18 heavy (non-hydrogen) atoms. The van der Waals surface area contributed by atoms with Crippen LogP contribution in [0.1, 0.15) is 39.5 Å². The number of nitrogens with one attached hydrogen (secondary N) is 1. The van der Waals surface area contributed by atoms with Gasteiger partial charge in [0, 0.05) is 0 Å². The molecule has 0 aliphatic carbocycles. The van der Waals surface area contributed by atoms with Gasteiger partial charge in [-0.05, 0) is 38.8 Å². The summed E-state index contributed by atoms with van der Waals surface area (Å²) in [5, 5.41) is 2.04. The van der Waals surface area contributed by atoms with E-state index in [1.165, 1.54) is 0 Å². The van der Waals surface area contributed by atoms with E-state index in [1.807, 2.05) is 19.2 Å². The SMILES string of the molecule is CCC(Br)(CC)C(=O)NC(N)=O.NCCCCN. The number of primary amides is 1. The number of hydrogen-bond acceptors (Lipinski definition) is 4. The zero-order valence-electron chi connectivity index (χ0n) is 11.2. The number of unbranched alkanes of at least 4 members (excludes halogenated alkanes) is 1. The maximum atomic E-state index is 11.3. The fraction of sp³-hybridized carbons (Fsp3) is 0.818. The molecule has 0 heterocycles. The molecular weight excluding hydrogens is 300 g/mol. The van der Waals surface area contributed by atoms with Crippen molar-refractivity contribution in [1.82, 2.24) is 5.32 Å². The van der Waals surface area contributed by atoms with E-state index in [0.29, 0.717) is 12.8 Å². The molecule has 0 unspecified atom stereocenters. The molecule has 3 amide bonds. The average molecular weight is 325 g/mol. The molecule has 0 bridgehead atoms. The lowest BCUT2D eigenvalue weighted by Crippen LogP contribution is -2.46. The molecule has 108 valence electrons. The topological polar surface area (TPSA) is 124 Å². The Balaban J connectivity index is 0. The Bertz CT molecular complexity index is 241. The third-order valence-corrected chi connectivity index (χ3v) is 3.90. The molecular formula is C11H25BrN4O2. The quantitative estimate of drug-likeness (QED) is 0.426. The van der Waals surface area contributed by atoms with Crippen molar-refractivity contribution in [1.29, 1.82) is 0 Å². The van der Waals surface area contributed by atoms with Crippen LogP contribution >= 0.6 is 15.9 Å². The Labute approximate surface area is 117 Å². The lowest BCUT2D eigenvalue weighted by molar-refractivity contribution is -0.122. The van der Waals surface area contributed by atoms with Gasteiger partial charge in [0.2, 0.25) is 5.91 Å². The molecule has 0 spiro atoms. The molecule has 0 aliphatic heterocycles. The van der Waals surface area contributed by atoms with Crippen LogP contribution in [0.5, 0.6) is 0 Å². The minimum atomic E-state index is -0.814. The van der Waals surface area contributed by atoms with Gasteiger partial charge in [-0.2, -0.15) is 0 Å². The number of halogens is 1. The Morgan fingerprint density at radius 1 is 1.11 bits per heavy atom. The molecule has 0 rings (SSSR count). The second-order valence-electron chi connectivity index (χ2n) is 3.78. The second-order valence-corrected chi connectivity index (χ2v) is 5.29. The second kappa shape index (κ2) is 11.4. The number of nitrogens with two attached hydrogens (primary N) is 3. The van der Waals surface area contributed by atoms with Gasteiger partial charge in [-0.15, -0.1) is 0 Å². The van der Waals surface area contributed by atoms with E-state index in [4.69, 9.17) is 17.2 Å². The van der Waals surface area contributed by atoms with E-state index in [0.717, 1.165) is 25.9 Å². The summed E-state index contributed by atoms with van der Waals surface area (Å²) in [5.41, 5.74) is 15.1. The van der Waals surface area contributed by atoms with Crippen LogP contribution in [0.15, 0.2) is 0 Å². The standard InChI is InChI=1S/C7H13BrN2O2.C4H12N2/c1-3-7(8,4-2)5(11)10-6(9)12;5-3-1-2-4-6/h3-4H2,1-2H3,(H3,9,10,11,12);1-6H2. The maximum absolute atomic E-state index is 11.3. The number of imide groups is 1. The van der Waals surface area contributed by atoms with Gasteiger partial charge >= 0.3 is 6.03 Å². The molecule has 0 aromatic rings. The molecule has 6 nitrogen and oxygen atoms in total. The molecule has 0 radical (unpaired) electrons. The van der Waals surface area contributed by atoms with Crippen molar-refractivity contribution in [3.63, 3.8) is 0 Å². The van der Waals surface area contributed by atoms with Crippen LogP contribution in [0, 0.1) is 0 Å². The average Bonchev–Trinajstić information content (AvgIpc) is 2.35. The van der Waals surface area contributed by atoms with Gasteiger partial charge in [-0.3, -0.25) is 10.1 Å². The van der Waals surface area contributed by atoms with Gasteiger partial charge in [0.15, 0.2) is 0 Å². The number of hydrogen-bond donors (Lipinski definition) is 4. The van der Waals surface area contributed by atoms with Crippen LogP contribution in [0.3, 0.4) is 0 Å². The zero-order chi connectivity index (χ0) is 14.6. The summed E-state index contributed by atoms with van der Waals surface area (Å²) < 4.78 is -0.665. The highest BCUT2D eigenvalue weighted by molar-refractivity contribution is 9.10. The number of alkyl halides is 1. The third-order valence-electron chi connectivity index (χ3n) is 2.42. The largest absolute Gasteiger partial charge is 0.351 e. The summed E-state index contributed by atoms with van der Waals surface area (Å²) in [4.78, 5) is 21.6. The first-order valence-corrected chi connectivity index (χ1v) is 6.87. The molecule has 0 saturated heterocycles. The van der Waals surface area contributed by atoms with E-state index < -0.39 is 10.4 Å². The van der Waals surface area contributed by atoms with Crippen LogP contribution in [-0.2, 0) is 4.79 Å². The van der Waals surface area contributed by atoms with E-state index >= 15 is 0 Å². The van der Waals surface area contributed by atoms with Crippen molar-refractivity contribution in [3.05, 3.63) is 0 Å². The summed E-state index contributed by atoms with van der Waals surface area (Å²) in [6, 6.07) is -0.814. The fourth-order valence-corrected chi connectivity index (χ4v) is 1.18. The predicted octanol–water partition coefficient (Wildman–Crippen LogP) is 0.819. The van der Waals surface area contributed by atoms with Crippen molar-refractivity contribution >= 4 is 27.9 Å². The van der Waals surface area contributed by atoms with Crippen molar-refractivity contribution in [2.24, 2.45) is 17.2 Å². The van der Waals surface area contributed by atoms with Crippen LogP contribution in [0.2, 0.25) is 0 Å². The molecule has 0 aromatic heterocycles. The highest BCUT2D eigenvalue weighted by Crippen LogP contribution is 2.26. The van der Waals surface area contributed by atoms with Crippen LogP contribution in [-0.4, -0.2) is 29.4 Å². The van der Waals surface area contributed by atoms with Crippen LogP contribution in [0.4, 0.5) is 4.79 Å². The molecule has 0 atom stereocenters. The van der Waals surface area contributed by atoms with Crippen molar-refractivity contribution in [3.8, 4) is 0 Å². The Hall–Kier alpha value is -0.660. The van der Waals surface area contributed by atoms with Crippen LogP contribution < -0.4 is 22.5 Å². The van der Waals surface area contributed by atoms with E-state index in [2.05, 4.69) is 15.9 Å². The maximum Gasteiger partial charge on any atom is 0.318 e. The number of carbonyl (C=O) groups is 2. The van der Waals surface area contributed by atoms with Gasteiger partial charge in [0.05, 0.1) is 0 Å². The Morgan fingerprint density at radius 3 is 1.72 bits per heavy atom. The summed E-state index contributed by atoms with van der Waals surface area (Å²) in [6.45, 7) is 5.27. The summed E-state index contributed by atoms with van der Waals surface area (Å²) in [7, 11) is 0. The van der Waals surface area contributed by atoms with Crippen molar-refractivity contribution < 1.29 is 9.59 Å². The molecule has 7 N–H and O–H groups in total. The Morgan fingerprint density at radius 2 is 1.50 bits per heavy atom. The lowest BCUT2D eigenvalue weighted by Gasteiger charge is -2.21. The van der Waals surface area contributed by atoms with Gasteiger partial charge in [-0.1, -0.05) is 29.8 Å². The first-order chi connectivity index (χ1) is 8.37. The summed E-state index contributed by atoms with van der Waals surface area (Å²) in [6.07, 6.45) is 3.36. The van der Waals surface area contributed by atoms with Crippen LogP contribution in [0.25, 0.3) is 0 Å². The normalized spacial score (nSPS) is 10.3. The molecule has 0 saturated carbocycles. The number of rotatable bonds is 6. The molecule has 0 aliphatic rings. The molecule has 0 fully saturated rings. The summed E-state index contributed by atoms with van der Waals surface area (Å²) >= 11 is 3.26. The highest BCUT2D eigenvalue weighted by atomic mass is 79.9. The Kier molecular flexibility index (Phi) is 12.5. The number of urea groups is 1. The van der Waals surface area contributed by atoms with E-state index in [9.17, 15) is 9.59 Å². The fourth-order valence-electron chi connectivity index (χ4n) is 1.08. The monoisotopic (exact) mass is 324 g/mol. The highest BCUT2D eigenvalue weighted by Gasteiger charge is 2.32. The van der Waals surface area contributed by atoms with E-state index in [-0.39, 0.29) is 5.91 Å². The van der Waals surface area contributed by atoms with E-state index in [1.54, 1.807) is 0 Å². The minimum absolute atomic E-state index is 0.375. The molecule has 0 aromatic carbocycles. The van der Waals surface area contributed by atoms with Crippen molar-refractivity contribution in [2.75, 3.05) is 13.1 Å². The first-order valence-electron chi connectivity index (χ1n) is 6.07. The smallest absolute Gasteiger partial charge is 0.318 e. The van der Waals surface area contributed by atoms with Crippen molar-refractivity contribution in [2.45, 2.75) is 43.9 Å². The molecule has 7 heteroatoms. The number of amides is 3. The van der Waals surface area contributed by atoms with Gasteiger partial charge in [0.25, 0.3) is 0 Å². The summed E-state index contributed by atoms with van der Waals surface area (Å²) in [5.74, 6) is -0.375. The van der Waals surface area contributed by atoms with Gasteiger partial charge in [-0.25, -0.2) is 4.79 Å². The zero-order valence-corrected chi connectivity index (χ0v) is 12.8. The van der Waals surface area contributed by atoms with Gasteiger partial charge in [0.1, 0.15) is 4.32 Å². The number of carbonyl (C=O) groups excluding carboxylic acids is 2.